The maximum Gasteiger partial charge on any atom is 0.494 e. The first-order chi connectivity index (χ1) is 17.6. The summed E-state index contributed by atoms with van der Waals surface area (Å²) in [5.74, 6) is -0.918. The molecule has 4 aromatic carbocycles. The highest BCUT2D eigenvalue weighted by Gasteiger charge is 2.51. The molecule has 1 aliphatic heterocycles. The molecular formula is C30H31BN2O4. The van der Waals surface area contributed by atoms with E-state index in [4.69, 9.17) is 15.0 Å². The summed E-state index contributed by atoms with van der Waals surface area (Å²) >= 11 is 0. The summed E-state index contributed by atoms with van der Waals surface area (Å²) in [5, 5.41) is 6.47. The highest BCUT2D eigenvalue weighted by atomic mass is 16.7. The quantitative estimate of drug-likeness (QED) is 0.312. The molecule has 0 aliphatic carbocycles. The second-order valence-corrected chi connectivity index (χ2v) is 10.7. The van der Waals surface area contributed by atoms with Crippen molar-refractivity contribution in [2.24, 2.45) is 5.73 Å². The number of hydrogen-bond acceptors (Lipinski definition) is 4. The van der Waals surface area contributed by atoms with Gasteiger partial charge in [0, 0.05) is 6.42 Å². The molecule has 0 bridgehead atoms. The molecule has 37 heavy (non-hydrogen) atoms. The zero-order valence-electron chi connectivity index (χ0n) is 21.6. The Kier molecular flexibility index (Phi) is 6.30. The van der Waals surface area contributed by atoms with Gasteiger partial charge in [0.25, 0.3) is 5.91 Å². The molecule has 0 radical (unpaired) electrons. The molecule has 1 atom stereocenters. The lowest BCUT2D eigenvalue weighted by Gasteiger charge is -2.32. The standard InChI is InChI=1S/C30H31BN2O4/c1-29(2)30(3,4)37-31(36-29)22-15-13-19(14-16-22)17-25(27(32)34)33-28(35)26-23-11-7-5-9-20(23)18-21-10-6-8-12-24(21)26/h5-16,18,25H,17H2,1-4H3,(H2,32,34)(H,33,35)/t25-/m1/s1. The van der Waals surface area contributed by atoms with E-state index in [1.54, 1.807) is 0 Å². The monoisotopic (exact) mass is 494 g/mol. The number of fused-ring (bicyclic) bond motifs is 2. The number of nitrogens with one attached hydrogen (secondary N) is 1. The van der Waals surface area contributed by atoms with E-state index in [0.717, 1.165) is 32.6 Å². The van der Waals surface area contributed by atoms with Gasteiger partial charge >= 0.3 is 7.12 Å². The second kappa shape index (κ2) is 9.32. The lowest BCUT2D eigenvalue weighted by molar-refractivity contribution is -0.119. The smallest absolute Gasteiger partial charge is 0.399 e. The first-order valence-corrected chi connectivity index (χ1v) is 12.5. The van der Waals surface area contributed by atoms with Crippen molar-refractivity contribution in [3.05, 3.63) is 90.0 Å². The highest BCUT2D eigenvalue weighted by Crippen LogP contribution is 2.36. The van der Waals surface area contributed by atoms with Gasteiger partial charge in [-0.25, -0.2) is 0 Å². The van der Waals surface area contributed by atoms with Crippen molar-refractivity contribution in [1.82, 2.24) is 5.32 Å². The zero-order chi connectivity index (χ0) is 26.4. The van der Waals surface area contributed by atoms with Crippen LogP contribution in [0.3, 0.4) is 0 Å². The molecule has 0 aromatic heterocycles. The van der Waals surface area contributed by atoms with Gasteiger partial charge in [0.05, 0.1) is 16.8 Å². The van der Waals surface area contributed by atoms with Crippen LogP contribution in [0.4, 0.5) is 0 Å². The number of carbonyl (C=O) groups is 2. The minimum atomic E-state index is -0.868. The Bertz CT molecular complexity index is 1430. The Labute approximate surface area is 217 Å². The maximum absolute atomic E-state index is 13.6. The molecule has 6 nitrogen and oxygen atoms in total. The average Bonchev–Trinajstić information content (AvgIpc) is 3.08. The zero-order valence-corrected chi connectivity index (χ0v) is 21.6. The second-order valence-electron chi connectivity index (χ2n) is 10.7. The van der Waals surface area contributed by atoms with Gasteiger partial charge < -0.3 is 20.4 Å². The summed E-state index contributed by atoms with van der Waals surface area (Å²) in [6, 6.07) is 24.4. The third kappa shape index (κ3) is 4.72. The molecule has 2 amide bonds. The number of rotatable bonds is 6. The summed E-state index contributed by atoms with van der Waals surface area (Å²) < 4.78 is 12.3. The molecule has 1 aliphatic rings. The number of benzene rings is 4. The van der Waals surface area contributed by atoms with Gasteiger partial charge in [0.2, 0.25) is 5.91 Å². The van der Waals surface area contributed by atoms with Gasteiger partial charge in [0.15, 0.2) is 0 Å². The van der Waals surface area contributed by atoms with Crippen LogP contribution in [0.2, 0.25) is 0 Å². The Morgan fingerprint density at radius 1 is 0.838 bits per heavy atom. The van der Waals surface area contributed by atoms with Gasteiger partial charge in [-0.05, 0) is 66.3 Å². The van der Waals surface area contributed by atoms with E-state index < -0.39 is 30.3 Å². The summed E-state index contributed by atoms with van der Waals surface area (Å²) in [4.78, 5) is 26.0. The maximum atomic E-state index is 13.6. The molecule has 1 fully saturated rings. The molecule has 3 N–H and O–H groups in total. The average molecular weight is 494 g/mol. The number of nitrogens with two attached hydrogens (primary N) is 1. The Morgan fingerprint density at radius 3 is 1.86 bits per heavy atom. The molecule has 0 saturated carbocycles. The van der Waals surface area contributed by atoms with Crippen molar-refractivity contribution in [2.45, 2.75) is 51.4 Å². The SMILES string of the molecule is CC1(C)OB(c2ccc(C[C@@H](NC(=O)c3c4ccccc4cc4ccccc34)C(N)=O)cc2)OC1(C)C. The number of primary amides is 1. The molecule has 188 valence electrons. The molecule has 5 rings (SSSR count). The predicted molar refractivity (Wildman–Crippen MR) is 148 cm³/mol. The van der Waals surface area contributed by atoms with Crippen LogP contribution in [0, 0.1) is 0 Å². The number of carbonyl (C=O) groups excluding carboxylic acids is 2. The fraction of sp³-hybridized carbons (Fsp3) is 0.267. The van der Waals surface area contributed by atoms with Gasteiger partial charge in [-0.3, -0.25) is 9.59 Å². The Hall–Kier alpha value is -3.68. The van der Waals surface area contributed by atoms with E-state index in [2.05, 4.69) is 11.4 Å². The van der Waals surface area contributed by atoms with E-state index in [1.165, 1.54) is 0 Å². The molecule has 1 heterocycles. The molecule has 4 aromatic rings. The van der Waals surface area contributed by atoms with Crippen molar-refractivity contribution in [3.63, 3.8) is 0 Å². The summed E-state index contributed by atoms with van der Waals surface area (Å²) in [5.41, 5.74) is 7.18. The van der Waals surface area contributed by atoms with Crippen LogP contribution in [0.5, 0.6) is 0 Å². The first kappa shape index (κ1) is 25.0. The van der Waals surface area contributed by atoms with Crippen LogP contribution in [0.15, 0.2) is 78.9 Å². The van der Waals surface area contributed by atoms with E-state index in [9.17, 15) is 9.59 Å². The molecule has 1 saturated heterocycles. The minimum absolute atomic E-state index is 0.271. The fourth-order valence-corrected chi connectivity index (χ4v) is 4.74. The summed E-state index contributed by atoms with van der Waals surface area (Å²) in [6.07, 6.45) is 0.271. The predicted octanol–water partition coefficient (Wildman–Crippen LogP) is 4.12. The largest absolute Gasteiger partial charge is 0.494 e. The van der Waals surface area contributed by atoms with Crippen molar-refractivity contribution < 1.29 is 18.9 Å². The van der Waals surface area contributed by atoms with Gasteiger partial charge in [-0.2, -0.15) is 0 Å². The third-order valence-electron chi connectivity index (χ3n) is 7.59. The lowest BCUT2D eigenvalue weighted by atomic mass is 9.78. The van der Waals surface area contributed by atoms with E-state index in [1.807, 2.05) is 100 Å². The van der Waals surface area contributed by atoms with E-state index in [0.29, 0.717) is 5.56 Å². The van der Waals surface area contributed by atoms with Gasteiger partial charge in [0.1, 0.15) is 6.04 Å². The normalized spacial score (nSPS) is 17.1. The lowest BCUT2D eigenvalue weighted by Crippen LogP contribution is -2.46. The number of hydrogen-bond donors (Lipinski definition) is 2. The van der Waals surface area contributed by atoms with Crippen LogP contribution < -0.4 is 16.5 Å². The molecule has 0 unspecified atom stereocenters. The topological polar surface area (TPSA) is 90.6 Å². The molecular weight excluding hydrogens is 463 g/mol. The van der Waals surface area contributed by atoms with Crippen molar-refractivity contribution in [1.29, 1.82) is 0 Å². The van der Waals surface area contributed by atoms with Crippen LogP contribution in [0.25, 0.3) is 21.5 Å². The van der Waals surface area contributed by atoms with Crippen molar-refractivity contribution >= 4 is 45.9 Å². The minimum Gasteiger partial charge on any atom is -0.399 e. The van der Waals surface area contributed by atoms with Crippen molar-refractivity contribution in [2.75, 3.05) is 0 Å². The van der Waals surface area contributed by atoms with Crippen LogP contribution >= 0.6 is 0 Å². The molecule has 0 spiro atoms. The Morgan fingerprint density at radius 2 is 1.35 bits per heavy atom. The van der Waals surface area contributed by atoms with Gasteiger partial charge in [-0.15, -0.1) is 0 Å². The van der Waals surface area contributed by atoms with Crippen molar-refractivity contribution in [3.8, 4) is 0 Å². The van der Waals surface area contributed by atoms with E-state index in [-0.39, 0.29) is 12.3 Å². The fourth-order valence-electron chi connectivity index (χ4n) is 4.74. The van der Waals surface area contributed by atoms with Gasteiger partial charge in [-0.1, -0.05) is 72.8 Å². The van der Waals surface area contributed by atoms with E-state index >= 15 is 0 Å². The summed E-state index contributed by atoms with van der Waals surface area (Å²) in [6.45, 7) is 8.06. The highest BCUT2D eigenvalue weighted by molar-refractivity contribution is 6.62. The van der Waals surface area contributed by atoms with Crippen LogP contribution in [0.1, 0.15) is 43.6 Å². The van der Waals surface area contributed by atoms with Crippen LogP contribution in [-0.4, -0.2) is 36.2 Å². The molecule has 7 heteroatoms. The number of amides is 2. The first-order valence-electron chi connectivity index (χ1n) is 12.5. The summed E-state index contributed by atoms with van der Waals surface area (Å²) in [7, 11) is -0.467. The van der Waals surface area contributed by atoms with Crippen LogP contribution in [-0.2, 0) is 20.5 Å². The third-order valence-corrected chi connectivity index (χ3v) is 7.59. The Balaban J connectivity index is 1.38.